The van der Waals surface area contributed by atoms with Crippen LogP contribution < -0.4 is 10.2 Å². The van der Waals surface area contributed by atoms with E-state index in [0.717, 1.165) is 23.8 Å². The highest BCUT2D eigenvalue weighted by atomic mass is 32.1. The second-order valence-corrected chi connectivity index (χ2v) is 5.82. The number of hydrogen-bond donors (Lipinski definition) is 1. The van der Waals surface area contributed by atoms with E-state index in [-0.39, 0.29) is 5.54 Å². The van der Waals surface area contributed by atoms with Crippen LogP contribution in [0.1, 0.15) is 37.8 Å². The molecule has 0 aliphatic carbocycles. The summed E-state index contributed by atoms with van der Waals surface area (Å²) in [6.07, 6.45) is 1.11. The molecule has 0 bridgehead atoms. The van der Waals surface area contributed by atoms with Gasteiger partial charge in [0.1, 0.15) is 0 Å². The van der Waals surface area contributed by atoms with Crippen LogP contribution in [0, 0.1) is 6.92 Å². The van der Waals surface area contributed by atoms with Crippen molar-refractivity contribution >= 4 is 16.5 Å². The van der Waals surface area contributed by atoms with Gasteiger partial charge in [0, 0.05) is 24.0 Å². The second-order valence-electron chi connectivity index (χ2n) is 4.76. The summed E-state index contributed by atoms with van der Waals surface area (Å²) in [5, 5.41) is 4.30. The summed E-state index contributed by atoms with van der Waals surface area (Å²) < 4.78 is 0. The Morgan fingerprint density at radius 2 is 2.06 bits per heavy atom. The molecule has 92 valence electrons. The highest BCUT2D eigenvalue weighted by molar-refractivity contribution is 7.15. The van der Waals surface area contributed by atoms with Gasteiger partial charge in [0.15, 0.2) is 5.13 Å². The van der Waals surface area contributed by atoms with Gasteiger partial charge in [-0.2, -0.15) is 0 Å². The van der Waals surface area contributed by atoms with E-state index >= 15 is 0 Å². The Kier molecular flexibility index (Phi) is 4.33. The van der Waals surface area contributed by atoms with Gasteiger partial charge in [-0.3, -0.25) is 0 Å². The molecule has 3 nitrogen and oxygen atoms in total. The van der Waals surface area contributed by atoms with E-state index in [4.69, 9.17) is 0 Å². The lowest BCUT2D eigenvalue weighted by Gasteiger charge is -2.34. The first-order valence-electron chi connectivity index (χ1n) is 5.77. The molecule has 0 aromatic carbocycles. The van der Waals surface area contributed by atoms with E-state index < -0.39 is 0 Å². The molecule has 0 aliphatic heterocycles. The Morgan fingerprint density at radius 3 is 2.56 bits per heavy atom. The highest BCUT2D eigenvalue weighted by Gasteiger charge is 2.24. The number of aromatic nitrogens is 1. The van der Waals surface area contributed by atoms with Gasteiger partial charge in [-0.15, -0.1) is 11.3 Å². The van der Waals surface area contributed by atoms with Gasteiger partial charge >= 0.3 is 0 Å². The van der Waals surface area contributed by atoms with E-state index in [1.807, 2.05) is 7.05 Å². The molecule has 0 spiro atoms. The molecule has 0 fully saturated rings. The van der Waals surface area contributed by atoms with Crippen LogP contribution in [0.5, 0.6) is 0 Å². The summed E-state index contributed by atoms with van der Waals surface area (Å²) in [7, 11) is 4.10. The van der Waals surface area contributed by atoms with Crippen molar-refractivity contribution in [3.8, 4) is 0 Å². The highest BCUT2D eigenvalue weighted by Crippen LogP contribution is 2.30. The van der Waals surface area contributed by atoms with E-state index in [1.54, 1.807) is 11.3 Å². The number of nitrogens with zero attached hydrogens (tertiary/aromatic N) is 2. The number of aryl methyl sites for hydroxylation is 1. The molecule has 0 saturated carbocycles. The zero-order valence-electron chi connectivity index (χ0n) is 11.2. The third-order valence-electron chi connectivity index (χ3n) is 3.28. The Morgan fingerprint density at radius 1 is 1.44 bits per heavy atom. The topological polar surface area (TPSA) is 28.2 Å². The zero-order chi connectivity index (χ0) is 12.3. The van der Waals surface area contributed by atoms with Crippen molar-refractivity contribution in [3.63, 3.8) is 0 Å². The first-order chi connectivity index (χ1) is 7.42. The lowest BCUT2D eigenvalue weighted by atomic mass is 10.0. The van der Waals surface area contributed by atoms with Crippen LogP contribution in [-0.4, -0.2) is 24.6 Å². The van der Waals surface area contributed by atoms with Gasteiger partial charge < -0.3 is 10.2 Å². The largest absolute Gasteiger partial charge is 0.346 e. The van der Waals surface area contributed by atoms with Crippen LogP contribution in [-0.2, 0) is 6.54 Å². The van der Waals surface area contributed by atoms with Gasteiger partial charge in [-0.25, -0.2) is 4.98 Å². The average Bonchev–Trinajstić information content (AvgIpc) is 2.60. The van der Waals surface area contributed by atoms with Crippen LogP contribution >= 0.6 is 11.3 Å². The fraction of sp³-hybridized carbons (Fsp3) is 0.750. The average molecular weight is 241 g/mol. The minimum absolute atomic E-state index is 0.168. The van der Waals surface area contributed by atoms with Crippen molar-refractivity contribution in [2.24, 2.45) is 0 Å². The van der Waals surface area contributed by atoms with Crippen LogP contribution in [0.4, 0.5) is 5.13 Å². The van der Waals surface area contributed by atoms with Crippen molar-refractivity contribution in [1.29, 1.82) is 0 Å². The van der Waals surface area contributed by atoms with Gasteiger partial charge in [-0.05, 0) is 34.2 Å². The first-order valence-corrected chi connectivity index (χ1v) is 6.58. The molecular formula is C12H23N3S. The fourth-order valence-corrected chi connectivity index (χ4v) is 2.57. The molecule has 16 heavy (non-hydrogen) atoms. The van der Waals surface area contributed by atoms with Crippen molar-refractivity contribution in [2.75, 3.05) is 19.0 Å². The summed E-state index contributed by atoms with van der Waals surface area (Å²) in [6, 6.07) is 0. The standard InChI is InChI=1S/C12H23N3S/c1-7-12(3,4)15(6)11-14-9(2)10(16-11)8-13-5/h13H,7-8H2,1-6H3. The molecule has 4 heteroatoms. The lowest BCUT2D eigenvalue weighted by molar-refractivity contribution is 0.470. The zero-order valence-corrected chi connectivity index (χ0v) is 12.0. The Bertz CT molecular complexity index is 344. The maximum atomic E-state index is 4.65. The SMILES string of the molecule is CCC(C)(C)N(C)c1nc(C)c(CNC)s1. The van der Waals surface area contributed by atoms with E-state index in [2.05, 4.69) is 49.9 Å². The number of hydrogen-bond acceptors (Lipinski definition) is 4. The monoisotopic (exact) mass is 241 g/mol. The van der Waals surface area contributed by atoms with Crippen LogP contribution in [0.25, 0.3) is 0 Å². The predicted molar refractivity (Wildman–Crippen MR) is 72.4 cm³/mol. The maximum absolute atomic E-state index is 4.65. The third kappa shape index (κ3) is 2.74. The molecule has 0 radical (unpaired) electrons. The summed E-state index contributed by atoms with van der Waals surface area (Å²) in [5.74, 6) is 0. The fourth-order valence-electron chi connectivity index (χ4n) is 1.38. The molecule has 0 atom stereocenters. The summed E-state index contributed by atoms with van der Waals surface area (Å²) in [4.78, 5) is 8.26. The number of anilines is 1. The lowest BCUT2D eigenvalue weighted by Crippen LogP contribution is -2.40. The third-order valence-corrected chi connectivity index (χ3v) is 4.51. The van der Waals surface area contributed by atoms with E-state index in [9.17, 15) is 0 Å². The predicted octanol–water partition coefficient (Wildman–Crippen LogP) is 2.80. The summed E-state index contributed by atoms with van der Waals surface area (Å²) in [5.41, 5.74) is 1.31. The molecule has 1 heterocycles. The van der Waals surface area contributed by atoms with Crippen molar-refractivity contribution in [3.05, 3.63) is 10.6 Å². The van der Waals surface area contributed by atoms with E-state index in [1.165, 1.54) is 4.88 Å². The molecule has 1 aromatic rings. The number of nitrogens with one attached hydrogen (secondary N) is 1. The summed E-state index contributed by atoms with van der Waals surface area (Å²) >= 11 is 1.79. The smallest absolute Gasteiger partial charge is 0.185 e. The number of thiazole rings is 1. The number of rotatable bonds is 5. The van der Waals surface area contributed by atoms with Gasteiger partial charge in [-0.1, -0.05) is 6.92 Å². The van der Waals surface area contributed by atoms with Crippen molar-refractivity contribution < 1.29 is 0 Å². The van der Waals surface area contributed by atoms with Crippen LogP contribution in [0.15, 0.2) is 0 Å². The molecule has 0 unspecified atom stereocenters. The Hall–Kier alpha value is -0.610. The normalized spacial score (nSPS) is 11.9. The molecular weight excluding hydrogens is 218 g/mol. The quantitative estimate of drug-likeness (QED) is 0.859. The maximum Gasteiger partial charge on any atom is 0.185 e. The second kappa shape index (κ2) is 5.15. The summed E-state index contributed by atoms with van der Waals surface area (Å²) in [6.45, 7) is 9.71. The Labute approximate surface area is 103 Å². The van der Waals surface area contributed by atoms with Crippen molar-refractivity contribution in [1.82, 2.24) is 10.3 Å². The van der Waals surface area contributed by atoms with Crippen LogP contribution in [0.3, 0.4) is 0 Å². The van der Waals surface area contributed by atoms with Gasteiger partial charge in [0.05, 0.1) is 5.69 Å². The molecule has 0 aliphatic rings. The minimum Gasteiger partial charge on any atom is -0.346 e. The first kappa shape index (κ1) is 13.5. The molecule has 1 rings (SSSR count). The van der Waals surface area contributed by atoms with Crippen LogP contribution in [0.2, 0.25) is 0 Å². The molecule has 1 aromatic heterocycles. The van der Waals surface area contributed by atoms with E-state index in [0.29, 0.717) is 0 Å². The molecule has 0 saturated heterocycles. The van der Waals surface area contributed by atoms with Gasteiger partial charge in [0.2, 0.25) is 0 Å². The van der Waals surface area contributed by atoms with Gasteiger partial charge in [0.25, 0.3) is 0 Å². The minimum atomic E-state index is 0.168. The Balaban J connectivity index is 2.92. The van der Waals surface area contributed by atoms with Crippen molar-refractivity contribution in [2.45, 2.75) is 46.2 Å². The molecule has 0 amide bonds. The molecule has 1 N–H and O–H groups in total.